The van der Waals surface area contributed by atoms with Gasteiger partial charge in [-0.15, -0.1) is 0 Å². The number of primary amides is 1. The minimum Gasteiger partial charge on any atom is -0.366 e. The van der Waals surface area contributed by atoms with Gasteiger partial charge in [-0.05, 0) is 12.1 Å². The zero-order chi connectivity index (χ0) is 9.97. The van der Waals surface area contributed by atoms with Crippen molar-refractivity contribution in [1.29, 1.82) is 0 Å². The van der Waals surface area contributed by atoms with Gasteiger partial charge in [0.25, 0.3) is 0 Å². The maximum atomic E-state index is 10.8. The molecule has 0 aliphatic rings. The van der Waals surface area contributed by atoms with Crippen LogP contribution in [0.25, 0.3) is 11.3 Å². The first-order chi connectivity index (χ1) is 6.77. The highest BCUT2D eigenvalue weighted by Crippen LogP contribution is 2.18. The summed E-state index contributed by atoms with van der Waals surface area (Å²) in [4.78, 5) is 10.8. The highest BCUT2D eigenvalue weighted by Gasteiger charge is 2.03. The van der Waals surface area contributed by atoms with Gasteiger partial charge in [-0.1, -0.05) is 17.3 Å². The summed E-state index contributed by atoms with van der Waals surface area (Å²) in [5.41, 5.74) is 6.46. The van der Waals surface area contributed by atoms with Crippen LogP contribution in [-0.2, 0) is 0 Å². The van der Waals surface area contributed by atoms with Gasteiger partial charge in [0, 0.05) is 17.2 Å². The van der Waals surface area contributed by atoms with Crippen molar-refractivity contribution in [2.24, 2.45) is 5.73 Å². The number of nitrogens with zero attached hydrogens (tertiary/aromatic N) is 1. The lowest BCUT2D eigenvalue weighted by molar-refractivity contribution is 0.100. The molecule has 4 nitrogen and oxygen atoms in total. The second-order valence-electron chi connectivity index (χ2n) is 2.82. The van der Waals surface area contributed by atoms with Gasteiger partial charge < -0.3 is 10.3 Å². The van der Waals surface area contributed by atoms with Gasteiger partial charge in [0.15, 0.2) is 5.76 Å². The van der Waals surface area contributed by atoms with Crippen LogP contribution in [0, 0.1) is 0 Å². The largest absolute Gasteiger partial charge is 0.366 e. The molecule has 1 aromatic carbocycles. The summed E-state index contributed by atoms with van der Waals surface area (Å²) in [6.45, 7) is 0. The molecule has 14 heavy (non-hydrogen) atoms. The zero-order valence-electron chi connectivity index (χ0n) is 7.31. The van der Waals surface area contributed by atoms with Crippen molar-refractivity contribution < 1.29 is 9.32 Å². The average Bonchev–Trinajstić information content (AvgIpc) is 2.71. The van der Waals surface area contributed by atoms with E-state index in [4.69, 9.17) is 10.3 Å². The Morgan fingerprint density at radius 1 is 1.21 bits per heavy atom. The fourth-order valence-corrected chi connectivity index (χ4v) is 1.16. The van der Waals surface area contributed by atoms with Gasteiger partial charge in [0.1, 0.15) is 0 Å². The molecule has 2 N–H and O–H groups in total. The maximum absolute atomic E-state index is 10.8. The first-order valence-electron chi connectivity index (χ1n) is 4.08. The molecule has 0 aliphatic heterocycles. The predicted octanol–water partition coefficient (Wildman–Crippen LogP) is 1.44. The lowest BCUT2D eigenvalue weighted by Gasteiger charge is -1.97. The molecule has 0 saturated carbocycles. The van der Waals surface area contributed by atoms with Gasteiger partial charge in [-0.2, -0.15) is 0 Å². The average molecular weight is 188 g/mol. The quantitative estimate of drug-likeness (QED) is 0.775. The molecule has 1 heterocycles. The second kappa shape index (κ2) is 3.33. The molecule has 2 aromatic rings. The standard InChI is InChI=1S/C10H8N2O2/c11-10(13)8-3-1-7(2-4-8)9-5-6-12-14-9/h1-6H,(H2,11,13). The molecule has 0 atom stereocenters. The second-order valence-corrected chi connectivity index (χ2v) is 2.82. The Labute approximate surface area is 80.3 Å². The van der Waals surface area contributed by atoms with Crippen molar-refractivity contribution in [1.82, 2.24) is 5.16 Å². The first kappa shape index (κ1) is 8.50. The normalized spacial score (nSPS) is 10.0. The van der Waals surface area contributed by atoms with E-state index >= 15 is 0 Å². The summed E-state index contributed by atoms with van der Waals surface area (Å²) >= 11 is 0. The molecular weight excluding hydrogens is 180 g/mol. The molecule has 1 aromatic heterocycles. The maximum Gasteiger partial charge on any atom is 0.248 e. The topological polar surface area (TPSA) is 69.1 Å². The Morgan fingerprint density at radius 2 is 1.93 bits per heavy atom. The molecule has 0 aliphatic carbocycles. The van der Waals surface area contributed by atoms with E-state index in [0.29, 0.717) is 11.3 Å². The van der Waals surface area contributed by atoms with Crippen molar-refractivity contribution in [2.75, 3.05) is 0 Å². The minimum atomic E-state index is -0.436. The number of carbonyl (C=O) groups is 1. The van der Waals surface area contributed by atoms with E-state index < -0.39 is 5.91 Å². The number of rotatable bonds is 2. The minimum absolute atomic E-state index is 0.436. The highest BCUT2D eigenvalue weighted by molar-refractivity contribution is 5.93. The Balaban J connectivity index is 2.36. The third-order valence-corrected chi connectivity index (χ3v) is 1.89. The molecule has 2 rings (SSSR count). The molecule has 0 saturated heterocycles. The summed E-state index contributed by atoms with van der Waals surface area (Å²) in [6, 6.07) is 8.58. The monoisotopic (exact) mass is 188 g/mol. The Bertz CT molecular complexity index is 432. The summed E-state index contributed by atoms with van der Waals surface area (Å²) in [6.07, 6.45) is 1.57. The van der Waals surface area contributed by atoms with Gasteiger partial charge >= 0.3 is 0 Å². The first-order valence-corrected chi connectivity index (χ1v) is 4.08. The predicted molar refractivity (Wildman–Crippen MR) is 50.5 cm³/mol. The smallest absolute Gasteiger partial charge is 0.248 e. The van der Waals surface area contributed by atoms with Crippen LogP contribution in [0.5, 0.6) is 0 Å². The van der Waals surface area contributed by atoms with E-state index in [0.717, 1.165) is 5.56 Å². The van der Waals surface area contributed by atoms with Crippen LogP contribution in [0.4, 0.5) is 0 Å². The molecule has 0 bridgehead atoms. The third-order valence-electron chi connectivity index (χ3n) is 1.89. The highest BCUT2D eigenvalue weighted by atomic mass is 16.5. The Kier molecular flexibility index (Phi) is 2.02. The van der Waals surface area contributed by atoms with Crippen LogP contribution in [-0.4, -0.2) is 11.1 Å². The van der Waals surface area contributed by atoms with Gasteiger partial charge in [-0.3, -0.25) is 4.79 Å². The fraction of sp³-hybridized carbons (Fsp3) is 0. The molecule has 1 amide bonds. The summed E-state index contributed by atoms with van der Waals surface area (Å²) in [5.74, 6) is 0.232. The fourth-order valence-electron chi connectivity index (χ4n) is 1.16. The van der Waals surface area contributed by atoms with E-state index in [2.05, 4.69) is 5.16 Å². The Hall–Kier alpha value is -2.10. The molecule has 0 unspecified atom stereocenters. The summed E-state index contributed by atoms with van der Waals surface area (Å²) < 4.78 is 4.95. The van der Waals surface area contributed by atoms with E-state index in [1.54, 1.807) is 36.5 Å². The lowest BCUT2D eigenvalue weighted by atomic mass is 10.1. The van der Waals surface area contributed by atoms with E-state index in [1.807, 2.05) is 0 Å². The van der Waals surface area contributed by atoms with E-state index in [-0.39, 0.29) is 0 Å². The number of hydrogen-bond acceptors (Lipinski definition) is 3. The zero-order valence-corrected chi connectivity index (χ0v) is 7.31. The lowest BCUT2D eigenvalue weighted by Crippen LogP contribution is -2.10. The van der Waals surface area contributed by atoms with Crippen LogP contribution < -0.4 is 5.73 Å². The molecule has 4 heteroatoms. The molecule has 0 radical (unpaired) electrons. The van der Waals surface area contributed by atoms with Crippen LogP contribution in [0.3, 0.4) is 0 Å². The number of hydrogen-bond donors (Lipinski definition) is 1. The van der Waals surface area contributed by atoms with Gasteiger partial charge in [0.05, 0.1) is 6.20 Å². The van der Waals surface area contributed by atoms with Gasteiger partial charge in [0.2, 0.25) is 5.91 Å². The molecule has 0 spiro atoms. The number of benzene rings is 1. The van der Waals surface area contributed by atoms with Crippen molar-refractivity contribution >= 4 is 5.91 Å². The SMILES string of the molecule is NC(=O)c1ccc(-c2ccno2)cc1. The van der Waals surface area contributed by atoms with Crippen LogP contribution >= 0.6 is 0 Å². The summed E-state index contributed by atoms with van der Waals surface area (Å²) in [7, 11) is 0. The van der Waals surface area contributed by atoms with Crippen molar-refractivity contribution in [3.63, 3.8) is 0 Å². The Morgan fingerprint density at radius 3 is 2.43 bits per heavy atom. The van der Waals surface area contributed by atoms with Crippen molar-refractivity contribution in [3.05, 3.63) is 42.1 Å². The van der Waals surface area contributed by atoms with Crippen molar-refractivity contribution in [3.8, 4) is 11.3 Å². The third kappa shape index (κ3) is 1.50. The van der Waals surface area contributed by atoms with E-state index in [1.165, 1.54) is 0 Å². The van der Waals surface area contributed by atoms with Crippen LogP contribution in [0.15, 0.2) is 41.1 Å². The van der Waals surface area contributed by atoms with Crippen molar-refractivity contribution in [2.45, 2.75) is 0 Å². The number of nitrogens with two attached hydrogens (primary N) is 1. The van der Waals surface area contributed by atoms with Gasteiger partial charge in [-0.25, -0.2) is 0 Å². The molecule has 70 valence electrons. The molecular formula is C10H8N2O2. The van der Waals surface area contributed by atoms with Crippen LogP contribution in [0.1, 0.15) is 10.4 Å². The number of carbonyl (C=O) groups excluding carboxylic acids is 1. The number of amides is 1. The van der Waals surface area contributed by atoms with Crippen LogP contribution in [0.2, 0.25) is 0 Å². The molecule has 0 fully saturated rings. The van der Waals surface area contributed by atoms with E-state index in [9.17, 15) is 4.79 Å². The number of aromatic nitrogens is 1. The summed E-state index contributed by atoms with van der Waals surface area (Å²) in [5, 5.41) is 3.59.